The molecule has 0 aliphatic heterocycles. The number of hydrogen-bond donors (Lipinski definition) is 8. The minimum absolute atomic E-state index is 0.193. The van der Waals surface area contributed by atoms with Crippen molar-refractivity contribution in [2.24, 2.45) is 17.2 Å². The van der Waals surface area contributed by atoms with Crippen molar-refractivity contribution in [2.45, 2.75) is 50.2 Å². The SMILES string of the molecule is NCCCCC(NC(=O)C(N)CO)C(=O)NCC(=O)NC(CCC(N)=O)C(=O)O. The normalized spacial score (nSPS) is 13.6. The van der Waals surface area contributed by atoms with Gasteiger partial charge in [-0.15, -0.1) is 0 Å². The van der Waals surface area contributed by atoms with Crippen LogP contribution in [0.1, 0.15) is 32.1 Å². The van der Waals surface area contributed by atoms with E-state index in [0.29, 0.717) is 19.4 Å². The van der Waals surface area contributed by atoms with E-state index in [1.165, 1.54) is 0 Å². The summed E-state index contributed by atoms with van der Waals surface area (Å²) in [4.78, 5) is 57.9. The molecule has 3 unspecified atom stereocenters. The first-order valence-corrected chi connectivity index (χ1v) is 9.07. The molecule has 166 valence electrons. The summed E-state index contributed by atoms with van der Waals surface area (Å²) in [5.74, 6) is -4.27. The van der Waals surface area contributed by atoms with Gasteiger partial charge in [-0.25, -0.2) is 4.79 Å². The maximum atomic E-state index is 12.3. The lowest BCUT2D eigenvalue weighted by Crippen LogP contribution is -2.54. The molecular weight excluding hydrogens is 388 g/mol. The van der Waals surface area contributed by atoms with Gasteiger partial charge in [0.2, 0.25) is 23.6 Å². The van der Waals surface area contributed by atoms with Crippen molar-refractivity contribution in [1.29, 1.82) is 0 Å². The number of unbranched alkanes of at least 4 members (excludes halogenated alkanes) is 1. The number of amides is 4. The van der Waals surface area contributed by atoms with E-state index in [1.54, 1.807) is 0 Å². The van der Waals surface area contributed by atoms with Gasteiger partial charge in [0.05, 0.1) is 13.2 Å². The van der Waals surface area contributed by atoms with Crippen molar-refractivity contribution in [2.75, 3.05) is 19.7 Å². The molecule has 0 radical (unpaired) electrons. The Kier molecular flexibility index (Phi) is 12.9. The topological polar surface area (TPSA) is 240 Å². The van der Waals surface area contributed by atoms with E-state index in [0.717, 1.165) is 0 Å². The van der Waals surface area contributed by atoms with Gasteiger partial charge < -0.3 is 43.4 Å². The number of carboxylic acid groups (broad SMARTS) is 1. The molecule has 0 saturated carbocycles. The molecule has 0 rings (SSSR count). The second-order valence-electron chi connectivity index (χ2n) is 6.32. The molecule has 0 spiro atoms. The maximum Gasteiger partial charge on any atom is 0.326 e. The summed E-state index contributed by atoms with van der Waals surface area (Å²) in [7, 11) is 0. The molecule has 0 aromatic heterocycles. The highest BCUT2D eigenvalue weighted by atomic mass is 16.4. The van der Waals surface area contributed by atoms with E-state index < -0.39 is 60.9 Å². The maximum absolute atomic E-state index is 12.3. The third-order valence-corrected chi connectivity index (χ3v) is 3.85. The molecule has 29 heavy (non-hydrogen) atoms. The smallest absolute Gasteiger partial charge is 0.326 e. The zero-order valence-electron chi connectivity index (χ0n) is 16.1. The molecule has 0 aliphatic rings. The van der Waals surface area contributed by atoms with Crippen molar-refractivity contribution in [1.82, 2.24) is 16.0 Å². The van der Waals surface area contributed by atoms with Crippen molar-refractivity contribution < 1.29 is 34.2 Å². The van der Waals surface area contributed by atoms with Crippen molar-refractivity contribution in [3.63, 3.8) is 0 Å². The number of carboxylic acids is 1. The number of nitrogens with two attached hydrogens (primary N) is 3. The fourth-order valence-corrected chi connectivity index (χ4v) is 2.20. The first kappa shape index (κ1) is 26.2. The molecule has 0 aliphatic carbocycles. The molecule has 0 heterocycles. The highest BCUT2D eigenvalue weighted by Crippen LogP contribution is 2.02. The number of nitrogens with one attached hydrogen (secondary N) is 3. The van der Waals surface area contributed by atoms with Crippen LogP contribution in [0, 0.1) is 0 Å². The van der Waals surface area contributed by atoms with Crippen molar-refractivity contribution >= 4 is 29.6 Å². The summed E-state index contributed by atoms with van der Waals surface area (Å²) in [5.41, 5.74) is 15.8. The first-order chi connectivity index (χ1) is 13.6. The van der Waals surface area contributed by atoms with Crippen molar-refractivity contribution in [3.05, 3.63) is 0 Å². The van der Waals surface area contributed by atoms with Gasteiger partial charge in [-0.1, -0.05) is 0 Å². The molecule has 0 bridgehead atoms. The van der Waals surface area contributed by atoms with Gasteiger partial charge >= 0.3 is 5.97 Å². The molecule has 13 nitrogen and oxygen atoms in total. The third-order valence-electron chi connectivity index (χ3n) is 3.85. The van der Waals surface area contributed by atoms with Gasteiger partial charge in [0.15, 0.2) is 0 Å². The summed E-state index contributed by atoms with van der Waals surface area (Å²) in [6, 6.07) is -3.55. The predicted molar refractivity (Wildman–Crippen MR) is 101 cm³/mol. The molecule has 0 aromatic carbocycles. The van der Waals surface area contributed by atoms with Crippen LogP contribution in [-0.4, -0.2) is 77.6 Å². The highest BCUT2D eigenvalue weighted by molar-refractivity contribution is 5.92. The Morgan fingerprint density at radius 1 is 0.931 bits per heavy atom. The van der Waals surface area contributed by atoms with Crippen LogP contribution in [0.3, 0.4) is 0 Å². The third kappa shape index (κ3) is 11.6. The molecule has 0 saturated heterocycles. The summed E-state index contributed by atoms with van der Waals surface area (Å²) in [5, 5.41) is 24.8. The minimum Gasteiger partial charge on any atom is -0.480 e. The fraction of sp³-hybridized carbons (Fsp3) is 0.688. The number of aliphatic carboxylic acids is 1. The van der Waals surface area contributed by atoms with Gasteiger partial charge in [-0.3, -0.25) is 19.2 Å². The Morgan fingerprint density at radius 2 is 1.59 bits per heavy atom. The van der Waals surface area contributed by atoms with Gasteiger partial charge in [-0.2, -0.15) is 0 Å². The Bertz CT molecular complexity index is 586. The number of carbonyl (C=O) groups is 5. The Morgan fingerprint density at radius 3 is 2.10 bits per heavy atom. The van der Waals surface area contributed by atoms with Crippen LogP contribution >= 0.6 is 0 Å². The Balaban J connectivity index is 4.75. The van der Waals surface area contributed by atoms with Crippen LogP contribution in [0.4, 0.5) is 0 Å². The van der Waals surface area contributed by atoms with Crippen LogP contribution in [0.15, 0.2) is 0 Å². The summed E-state index contributed by atoms with van der Waals surface area (Å²) in [6.45, 7) is -0.759. The average Bonchev–Trinajstić information content (AvgIpc) is 2.67. The zero-order valence-corrected chi connectivity index (χ0v) is 16.1. The second kappa shape index (κ2) is 14.3. The Hall–Kier alpha value is -2.77. The van der Waals surface area contributed by atoms with E-state index in [2.05, 4.69) is 16.0 Å². The number of aliphatic hydroxyl groups excluding tert-OH is 1. The first-order valence-electron chi connectivity index (χ1n) is 9.07. The summed E-state index contributed by atoms with van der Waals surface area (Å²) in [6.07, 6.45) is 0.923. The van der Waals surface area contributed by atoms with Gasteiger partial charge in [-0.05, 0) is 32.2 Å². The quantitative estimate of drug-likeness (QED) is 0.120. The van der Waals surface area contributed by atoms with E-state index in [4.69, 9.17) is 27.4 Å². The Labute approximate surface area is 167 Å². The largest absolute Gasteiger partial charge is 0.480 e. The molecule has 11 N–H and O–H groups in total. The lowest BCUT2D eigenvalue weighted by atomic mass is 10.1. The van der Waals surface area contributed by atoms with Crippen LogP contribution in [0.5, 0.6) is 0 Å². The predicted octanol–water partition coefficient (Wildman–Crippen LogP) is -4.13. The van der Waals surface area contributed by atoms with E-state index in [-0.39, 0.29) is 19.3 Å². The monoisotopic (exact) mass is 418 g/mol. The van der Waals surface area contributed by atoms with Crippen LogP contribution in [0.2, 0.25) is 0 Å². The van der Waals surface area contributed by atoms with E-state index >= 15 is 0 Å². The lowest BCUT2D eigenvalue weighted by molar-refractivity contribution is -0.142. The average molecular weight is 418 g/mol. The molecule has 4 amide bonds. The molecule has 3 atom stereocenters. The number of rotatable bonds is 15. The summed E-state index contributed by atoms with van der Waals surface area (Å²) >= 11 is 0. The van der Waals surface area contributed by atoms with Gasteiger partial charge in [0.1, 0.15) is 18.1 Å². The number of aliphatic hydroxyl groups is 1. The number of hydrogen-bond acceptors (Lipinski definition) is 8. The van der Waals surface area contributed by atoms with Gasteiger partial charge in [0, 0.05) is 6.42 Å². The molecular formula is C16H30N6O7. The van der Waals surface area contributed by atoms with Crippen LogP contribution < -0.4 is 33.2 Å². The zero-order chi connectivity index (χ0) is 22.4. The van der Waals surface area contributed by atoms with Crippen molar-refractivity contribution in [3.8, 4) is 0 Å². The minimum atomic E-state index is -1.35. The fourth-order valence-electron chi connectivity index (χ4n) is 2.20. The van der Waals surface area contributed by atoms with Gasteiger partial charge in [0.25, 0.3) is 0 Å². The number of carbonyl (C=O) groups excluding carboxylic acids is 4. The molecule has 13 heteroatoms. The van der Waals surface area contributed by atoms with Crippen LogP contribution in [-0.2, 0) is 24.0 Å². The number of primary amides is 1. The van der Waals surface area contributed by atoms with Crippen LogP contribution in [0.25, 0.3) is 0 Å². The van der Waals surface area contributed by atoms with E-state index in [1.807, 2.05) is 0 Å². The lowest BCUT2D eigenvalue weighted by Gasteiger charge is -2.20. The summed E-state index contributed by atoms with van der Waals surface area (Å²) < 4.78 is 0. The standard InChI is InChI=1S/C16H30N6O7/c17-6-2-1-3-10(22-14(26)9(18)8-23)15(27)20-7-13(25)21-11(16(28)29)4-5-12(19)24/h9-11,23H,1-8,17-18H2,(H2,19,24)(H,20,27)(H,21,25)(H,22,26)(H,28,29). The highest BCUT2D eigenvalue weighted by Gasteiger charge is 2.25. The van der Waals surface area contributed by atoms with E-state index in [9.17, 15) is 24.0 Å². The molecule has 0 aromatic rings. The molecule has 0 fully saturated rings. The second-order valence-corrected chi connectivity index (χ2v) is 6.32.